The molecule has 5 nitrogen and oxygen atoms in total. The van der Waals surface area contributed by atoms with E-state index < -0.39 is 0 Å². The zero-order valence-electron chi connectivity index (χ0n) is 14.5. The van der Waals surface area contributed by atoms with Gasteiger partial charge in [0, 0.05) is 31.6 Å². The molecule has 1 atom stereocenters. The molecule has 0 bridgehead atoms. The van der Waals surface area contributed by atoms with Gasteiger partial charge in [0.2, 0.25) is 5.91 Å². The fourth-order valence-corrected chi connectivity index (χ4v) is 4.22. The SMILES string of the molecule is Cc1cnc(C2CN(C)CC23CN(C(=O)Cc2ccccc2F)C3)o1. The minimum absolute atomic E-state index is 0.00304. The van der Waals surface area contributed by atoms with E-state index in [1.807, 2.05) is 11.8 Å². The molecule has 1 unspecified atom stereocenters. The lowest BCUT2D eigenvalue weighted by atomic mass is 9.71. The van der Waals surface area contributed by atoms with Crippen molar-refractivity contribution in [1.82, 2.24) is 14.8 Å². The number of aryl methyl sites for hydroxylation is 1. The summed E-state index contributed by atoms with van der Waals surface area (Å²) in [6.07, 6.45) is 1.86. The predicted molar refractivity (Wildman–Crippen MR) is 90.6 cm³/mol. The van der Waals surface area contributed by atoms with Crippen LogP contribution in [0, 0.1) is 18.2 Å². The molecule has 2 aliphatic rings. The number of aromatic nitrogens is 1. The van der Waals surface area contributed by atoms with E-state index in [9.17, 15) is 9.18 Å². The zero-order chi connectivity index (χ0) is 17.6. The minimum Gasteiger partial charge on any atom is -0.446 e. The van der Waals surface area contributed by atoms with Crippen LogP contribution in [0.25, 0.3) is 0 Å². The predicted octanol–water partition coefficient (Wildman–Crippen LogP) is 2.22. The highest BCUT2D eigenvalue weighted by atomic mass is 19.1. The fraction of sp³-hybridized carbons (Fsp3) is 0.474. The molecular weight excluding hydrogens is 321 g/mol. The van der Waals surface area contributed by atoms with Gasteiger partial charge >= 0.3 is 0 Å². The Hall–Kier alpha value is -2.21. The van der Waals surface area contributed by atoms with Crippen molar-refractivity contribution in [2.45, 2.75) is 19.3 Å². The topological polar surface area (TPSA) is 49.6 Å². The highest BCUT2D eigenvalue weighted by Crippen LogP contribution is 2.48. The fourth-order valence-electron chi connectivity index (χ4n) is 4.22. The van der Waals surface area contributed by atoms with Crippen molar-refractivity contribution in [2.75, 3.05) is 33.2 Å². The number of amides is 1. The van der Waals surface area contributed by atoms with Gasteiger partial charge in [-0.2, -0.15) is 0 Å². The highest BCUT2D eigenvalue weighted by Gasteiger charge is 2.56. The number of halogens is 1. The Labute approximate surface area is 146 Å². The molecule has 1 aromatic carbocycles. The summed E-state index contributed by atoms with van der Waals surface area (Å²) >= 11 is 0. The quantitative estimate of drug-likeness (QED) is 0.857. The average Bonchev–Trinajstić information content (AvgIpc) is 3.11. The first kappa shape index (κ1) is 16.3. The third-order valence-corrected chi connectivity index (χ3v) is 5.42. The van der Waals surface area contributed by atoms with Crippen LogP contribution < -0.4 is 0 Å². The number of oxazole rings is 1. The van der Waals surface area contributed by atoms with Crippen LogP contribution in [0.5, 0.6) is 0 Å². The van der Waals surface area contributed by atoms with Crippen LogP contribution in [0.15, 0.2) is 34.9 Å². The van der Waals surface area contributed by atoms with Crippen LogP contribution in [0.3, 0.4) is 0 Å². The van der Waals surface area contributed by atoms with E-state index in [1.165, 1.54) is 6.07 Å². The molecule has 0 radical (unpaired) electrons. The number of nitrogens with zero attached hydrogens (tertiary/aromatic N) is 3. The number of rotatable bonds is 3. The van der Waals surface area contributed by atoms with E-state index in [0.717, 1.165) is 24.7 Å². The maximum atomic E-state index is 13.8. The molecule has 2 fully saturated rings. The van der Waals surface area contributed by atoms with Gasteiger partial charge in [0.15, 0.2) is 5.89 Å². The molecule has 2 aromatic rings. The number of hydrogen-bond donors (Lipinski definition) is 0. The molecule has 25 heavy (non-hydrogen) atoms. The van der Waals surface area contributed by atoms with Crippen molar-refractivity contribution in [1.29, 1.82) is 0 Å². The van der Waals surface area contributed by atoms with E-state index in [1.54, 1.807) is 24.4 Å². The monoisotopic (exact) mass is 343 g/mol. The number of carbonyl (C=O) groups is 1. The van der Waals surface area contributed by atoms with Gasteiger partial charge in [0.05, 0.1) is 18.5 Å². The van der Waals surface area contributed by atoms with Gasteiger partial charge in [-0.05, 0) is 25.6 Å². The van der Waals surface area contributed by atoms with Gasteiger partial charge in [-0.25, -0.2) is 9.37 Å². The van der Waals surface area contributed by atoms with E-state index in [0.29, 0.717) is 18.7 Å². The largest absolute Gasteiger partial charge is 0.446 e. The Morgan fingerprint density at radius 3 is 2.80 bits per heavy atom. The Bertz CT molecular complexity index is 797. The molecule has 2 aliphatic heterocycles. The van der Waals surface area contributed by atoms with E-state index in [2.05, 4.69) is 16.9 Å². The van der Waals surface area contributed by atoms with Crippen molar-refractivity contribution in [3.8, 4) is 0 Å². The van der Waals surface area contributed by atoms with Gasteiger partial charge in [-0.15, -0.1) is 0 Å². The first-order valence-corrected chi connectivity index (χ1v) is 8.59. The van der Waals surface area contributed by atoms with Crippen molar-refractivity contribution in [3.63, 3.8) is 0 Å². The Morgan fingerprint density at radius 2 is 2.12 bits per heavy atom. The van der Waals surface area contributed by atoms with Gasteiger partial charge in [0.1, 0.15) is 11.6 Å². The summed E-state index contributed by atoms with van der Waals surface area (Å²) in [4.78, 5) is 21.0. The lowest BCUT2D eigenvalue weighted by molar-refractivity contribution is -0.143. The van der Waals surface area contributed by atoms with E-state index >= 15 is 0 Å². The second-order valence-electron chi connectivity index (χ2n) is 7.44. The summed E-state index contributed by atoms with van der Waals surface area (Å²) in [5.74, 6) is 1.44. The number of hydrogen-bond acceptors (Lipinski definition) is 4. The lowest BCUT2D eigenvalue weighted by Crippen LogP contribution is -2.61. The van der Waals surface area contributed by atoms with Crippen LogP contribution in [-0.2, 0) is 11.2 Å². The third-order valence-electron chi connectivity index (χ3n) is 5.42. The molecule has 0 N–H and O–H groups in total. The average molecular weight is 343 g/mol. The van der Waals surface area contributed by atoms with Crippen LogP contribution in [0.4, 0.5) is 4.39 Å². The van der Waals surface area contributed by atoms with Crippen LogP contribution >= 0.6 is 0 Å². The summed E-state index contributed by atoms with van der Waals surface area (Å²) in [5, 5.41) is 0. The van der Waals surface area contributed by atoms with Crippen molar-refractivity contribution < 1.29 is 13.6 Å². The minimum atomic E-state index is -0.320. The van der Waals surface area contributed by atoms with Crippen molar-refractivity contribution in [3.05, 3.63) is 53.5 Å². The highest BCUT2D eigenvalue weighted by molar-refractivity contribution is 5.80. The molecular formula is C19H22FN3O2. The Balaban J connectivity index is 1.46. The van der Waals surface area contributed by atoms with Gasteiger partial charge in [-0.3, -0.25) is 4.79 Å². The number of likely N-dealkylation sites (tertiary alicyclic amines) is 2. The summed E-state index contributed by atoms with van der Waals surface area (Å²) in [7, 11) is 2.08. The van der Waals surface area contributed by atoms with E-state index in [4.69, 9.17) is 4.42 Å². The van der Waals surface area contributed by atoms with Gasteiger partial charge < -0.3 is 14.2 Å². The lowest BCUT2D eigenvalue weighted by Gasteiger charge is -2.50. The number of carbonyl (C=O) groups excluding carboxylic acids is 1. The molecule has 132 valence electrons. The number of likely N-dealkylation sites (N-methyl/N-ethyl adjacent to an activating group) is 1. The molecule has 6 heteroatoms. The van der Waals surface area contributed by atoms with Gasteiger partial charge in [-0.1, -0.05) is 18.2 Å². The molecule has 1 amide bonds. The first-order chi connectivity index (χ1) is 12.0. The molecule has 3 heterocycles. The van der Waals surface area contributed by atoms with Crippen LogP contribution in [0.1, 0.15) is 23.1 Å². The Morgan fingerprint density at radius 1 is 1.36 bits per heavy atom. The molecule has 2 saturated heterocycles. The maximum absolute atomic E-state index is 13.8. The summed E-state index contributed by atoms with van der Waals surface area (Å²) < 4.78 is 19.5. The second-order valence-corrected chi connectivity index (χ2v) is 7.44. The summed E-state index contributed by atoms with van der Waals surface area (Å²) in [5.41, 5.74) is 0.452. The maximum Gasteiger partial charge on any atom is 0.227 e. The molecule has 4 rings (SSSR count). The zero-order valence-corrected chi connectivity index (χ0v) is 14.5. The molecule has 1 spiro atoms. The van der Waals surface area contributed by atoms with Crippen LogP contribution in [-0.4, -0.2) is 53.9 Å². The van der Waals surface area contributed by atoms with E-state index in [-0.39, 0.29) is 29.5 Å². The van der Waals surface area contributed by atoms with Crippen LogP contribution in [0.2, 0.25) is 0 Å². The third kappa shape index (κ3) is 2.84. The number of benzene rings is 1. The molecule has 1 aromatic heterocycles. The standard InChI is InChI=1S/C19H22FN3O2/c1-13-8-21-18(25-13)15-9-22(2)10-19(15)11-23(12-19)17(24)7-14-5-3-4-6-16(14)20/h3-6,8,15H,7,9-12H2,1-2H3. The van der Waals surface area contributed by atoms with Crippen molar-refractivity contribution >= 4 is 5.91 Å². The molecule has 0 aliphatic carbocycles. The first-order valence-electron chi connectivity index (χ1n) is 8.59. The smallest absolute Gasteiger partial charge is 0.227 e. The van der Waals surface area contributed by atoms with Gasteiger partial charge in [0.25, 0.3) is 0 Å². The summed E-state index contributed by atoms with van der Waals surface area (Å²) in [6, 6.07) is 6.47. The Kier molecular flexibility index (Phi) is 3.87. The normalized spacial score (nSPS) is 22.4. The van der Waals surface area contributed by atoms with Crippen molar-refractivity contribution in [2.24, 2.45) is 5.41 Å². The summed E-state index contributed by atoms with van der Waals surface area (Å²) in [6.45, 7) is 5.05. The molecule has 0 saturated carbocycles. The second kappa shape index (κ2) is 5.95.